The molecule has 0 aliphatic heterocycles. The number of nitrogens with zero attached hydrogens (tertiary/aromatic N) is 1. The normalized spacial score (nSPS) is 13.9. The maximum absolute atomic E-state index is 14.1. The van der Waals surface area contributed by atoms with E-state index >= 15 is 0 Å². The van der Waals surface area contributed by atoms with Crippen LogP contribution >= 0.6 is 23.2 Å². The molecule has 1 N–H and O–H groups in total. The van der Waals surface area contributed by atoms with E-state index in [9.17, 15) is 9.59 Å². The summed E-state index contributed by atoms with van der Waals surface area (Å²) in [4.78, 5) is 29.6. The van der Waals surface area contributed by atoms with Gasteiger partial charge in [0.25, 0.3) is 0 Å². The fraction of sp³-hybridized carbons (Fsp3) is 0.412. The molecule has 3 aromatic rings. The molecule has 0 radical (unpaired) electrons. The minimum absolute atomic E-state index is 0.129. The van der Waals surface area contributed by atoms with E-state index in [0.29, 0.717) is 47.6 Å². The standard InChI is InChI=1S/C34H40Cl2N2O4/c1-3-41-31-18-14-25(21-32(31)42-4-2)15-19-33(39)38(23-26-16-17-27(35)22-29(26)36)30(20-24-10-6-5-7-11-24)34(40)37-28-12-8-9-13-28/h5-7,10-11,14,16-18,21-22,28,30H,3-4,8-9,12-13,15,19-20,23H2,1-2H3,(H,37,40)/t30-/m1/s1. The third-order valence-corrected chi connectivity index (χ3v) is 8.15. The number of aryl methyl sites for hydroxylation is 1. The Morgan fingerprint density at radius 3 is 2.31 bits per heavy atom. The molecular formula is C34H40Cl2N2O4. The number of rotatable bonds is 14. The number of carbonyl (C=O) groups excluding carboxylic acids is 2. The van der Waals surface area contributed by atoms with Gasteiger partial charge in [-0.05, 0) is 74.1 Å². The predicted molar refractivity (Wildman–Crippen MR) is 168 cm³/mol. The highest BCUT2D eigenvalue weighted by Gasteiger charge is 2.32. The number of halogens is 2. The smallest absolute Gasteiger partial charge is 0.243 e. The third kappa shape index (κ3) is 8.89. The number of hydrogen-bond donors (Lipinski definition) is 1. The number of carbonyl (C=O) groups is 2. The van der Waals surface area contributed by atoms with Crippen LogP contribution in [0.4, 0.5) is 0 Å². The monoisotopic (exact) mass is 610 g/mol. The lowest BCUT2D eigenvalue weighted by molar-refractivity contribution is -0.141. The van der Waals surface area contributed by atoms with Crippen LogP contribution in [0.25, 0.3) is 0 Å². The van der Waals surface area contributed by atoms with Crippen LogP contribution in [0.3, 0.4) is 0 Å². The van der Waals surface area contributed by atoms with Crippen molar-refractivity contribution in [2.24, 2.45) is 0 Å². The van der Waals surface area contributed by atoms with E-state index in [1.807, 2.05) is 68.4 Å². The first kappa shape index (κ1) is 31.7. The molecule has 3 aromatic carbocycles. The van der Waals surface area contributed by atoms with E-state index in [2.05, 4.69) is 5.32 Å². The molecule has 0 aromatic heterocycles. The Morgan fingerprint density at radius 1 is 0.905 bits per heavy atom. The molecule has 224 valence electrons. The van der Waals surface area contributed by atoms with E-state index in [1.54, 1.807) is 17.0 Å². The van der Waals surface area contributed by atoms with Gasteiger partial charge >= 0.3 is 0 Å². The highest BCUT2D eigenvalue weighted by Crippen LogP contribution is 2.30. The van der Waals surface area contributed by atoms with Gasteiger partial charge in [0, 0.05) is 35.5 Å². The van der Waals surface area contributed by atoms with E-state index in [4.69, 9.17) is 32.7 Å². The molecule has 0 saturated heterocycles. The van der Waals surface area contributed by atoms with Crippen LogP contribution in [-0.2, 0) is 29.0 Å². The first-order valence-electron chi connectivity index (χ1n) is 14.8. The zero-order chi connectivity index (χ0) is 29.9. The number of ether oxygens (including phenoxy) is 2. The Labute approximate surface area is 259 Å². The summed E-state index contributed by atoms with van der Waals surface area (Å²) in [6, 6.07) is 20.3. The van der Waals surface area contributed by atoms with Crippen molar-refractivity contribution in [1.82, 2.24) is 10.2 Å². The first-order valence-corrected chi connectivity index (χ1v) is 15.6. The maximum atomic E-state index is 14.1. The van der Waals surface area contributed by atoms with Gasteiger partial charge in [0.15, 0.2) is 11.5 Å². The zero-order valence-electron chi connectivity index (χ0n) is 24.4. The van der Waals surface area contributed by atoms with Gasteiger partial charge in [0.05, 0.1) is 13.2 Å². The predicted octanol–water partition coefficient (Wildman–Crippen LogP) is 7.42. The van der Waals surface area contributed by atoms with Gasteiger partial charge < -0.3 is 19.7 Å². The Balaban J connectivity index is 1.62. The van der Waals surface area contributed by atoms with Crippen LogP contribution < -0.4 is 14.8 Å². The molecule has 42 heavy (non-hydrogen) atoms. The lowest BCUT2D eigenvalue weighted by Gasteiger charge is -2.32. The molecule has 0 bridgehead atoms. The van der Waals surface area contributed by atoms with Gasteiger partial charge in [-0.3, -0.25) is 9.59 Å². The molecule has 0 unspecified atom stereocenters. The van der Waals surface area contributed by atoms with Gasteiger partial charge in [-0.2, -0.15) is 0 Å². The Kier molecular flexibility index (Phi) is 12.0. The topological polar surface area (TPSA) is 67.9 Å². The van der Waals surface area contributed by atoms with Crippen molar-refractivity contribution in [1.29, 1.82) is 0 Å². The lowest BCUT2D eigenvalue weighted by atomic mass is 10.0. The third-order valence-electron chi connectivity index (χ3n) is 7.56. The second-order valence-corrected chi connectivity index (χ2v) is 11.4. The molecular weight excluding hydrogens is 571 g/mol. The van der Waals surface area contributed by atoms with Gasteiger partial charge in [-0.15, -0.1) is 0 Å². The van der Waals surface area contributed by atoms with Crippen LogP contribution in [0, 0.1) is 0 Å². The van der Waals surface area contributed by atoms with Gasteiger partial charge in [-0.25, -0.2) is 0 Å². The van der Waals surface area contributed by atoms with Gasteiger partial charge in [0.1, 0.15) is 6.04 Å². The summed E-state index contributed by atoms with van der Waals surface area (Å²) in [7, 11) is 0. The van der Waals surface area contributed by atoms with Crippen molar-refractivity contribution < 1.29 is 19.1 Å². The summed E-state index contributed by atoms with van der Waals surface area (Å²) < 4.78 is 11.5. The molecule has 1 atom stereocenters. The number of nitrogens with one attached hydrogen (secondary N) is 1. The Bertz CT molecular complexity index is 1330. The van der Waals surface area contributed by atoms with Crippen LogP contribution in [0.1, 0.15) is 62.6 Å². The average molecular weight is 612 g/mol. The second kappa shape index (κ2) is 15.9. The van der Waals surface area contributed by atoms with E-state index < -0.39 is 6.04 Å². The molecule has 8 heteroatoms. The number of benzene rings is 3. The van der Waals surface area contributed by atoms with Crippen molar-refractivity contribution in [3.8, 4) is 11.5 Å². The van der Waals surface area contributed by atoms with Gasteiger partial charge in [-0.1, -0.05) is 78.5 Å². The van der Waals surface area contributed by atoms with Crippen molar-refractivity contribution >= 4 is 35.0 Å². The molecule has 0 spiro atoms. The highest BCUT2D eigenvalue weighted by atomic mass is 35.5. The molecule has 1 saturated carbocycles. The van der Waals surface area contributed by atoms with Crippen molar-refractivity contribution in [3.63, 3.8) is 0 Å². The van der Waals surface area contributed by atoms with Crippen LogP contribution in [0.5, 0.6) is 11.5 Å². The molecule has 0 heterocycles. The van der Waals surface area contributed by atoms with Crippen molar-refractivity contribution in [2.75, 3.05) is 13.2 Å². The van der Waals surface area contributed by atoms with Gasteiger partial charge in [0.2, 0.25) is 11.8 Å². The molecule has 4 rings (SSSR count). The van der Waals surface area contributed by atoms with Crippen molar-refractivity contribution in [2.45, 2.75) is 77.4 Å². The van der Waals surface area contributed by atoms with Crippen LogP contribution in [-0.4, -0.2) is 42.0 Å². The number of amides is 2. The Morgan fingerprint density at radius 2 is 1.62 bits per heavy atom. The molecule has 2 amide bonds. The summed E-state index contributed by atoms with van der Waals surface area (Å²) >= 11 is 12.7. The minimum Gasteiger partial charge on any atom is -0.490 e. The SMILES string of the molecule is CCOc1ccc(CCC(=O)N(Cc2ccc(Cl)cc2Cl)[C@H](Cc2ccccc2)C(=O)NC2CCCC2)cc1OCC. The molecule has 1 aliphatic carbocycles. The average Bonchev–Trinajstić information content (AvgIpc) is 3.49. The van der Waals surface area contributed by atoms with E-state index in [-0.39, 0.29) is 30.8 Å². The zero-order valence-corrected chi connectivity index (χ0v) is 25.9. The highest BCUT2D eigenvalue weighted by molar-refractivity contribution is 6.35. The second-order valence-electron chi connectivity index (χ2n) is 10.6. The van der Waals surface area contributed by atoms with Crippen molar-refractivity contribution in [3.05, 3.63) is 93.5 Å². The number of hydrogen-bond acceptors (Lipinski definition) is 4. The molecule has 6 nitrogen and oxygen atoms in total. The summed E-state index contributed by atoms with van der Waals surface area (Å²) in [5.74, 6) is 1.08. The summed E-state index contributed by atoms with van der Waals surface area (Å²) in [6.07, 6.45) is 5.21. The summed E-state index contributed by atoms with van der Waals surface area (Å²) in [5.41, 5.74) is 2.67. The first-order chi connectivity index (χ1) is 20.4. The fourth-order valence-electron chi connectivity index (χ4n) is 5.40. The summed E-state index contributed by atoms with van der Waals surface area (Å²) in [6.45, 7) is 5.09. The minimum atomic E-state index is -0.702. The Hall–Kier alpha value is -3.22. The maximum Gasteiger partial charge on any atom is 0.243 e. The largest absolute Gasteiger partial charge is 0.490 e. The van der Waals surface area contributed by atoms with E-state index in [1.165, 1.54) is 0 Å². The fourth-order valence-corrected chi connectivity index (χ4v) is 5.87. The lowest BCUT2D eigenvalue weighted by Crippen LogP contribution is -2.52. The quantitative estimate of drug-likeness (QED) is 0.206. The molecule has 1 aliphatic rings. The molecule has 1 fully saturated rings. The summed E-state index contributed by atoms with van der Waals surface area (Å²) in [5, 5.41) is 4.22. The van der Waals surface area contributed by atoms with Crippen LogP contribution in [0.2, 0.25) is 10.0 Å². The van der Waals surface area contributed by atoms with E-state index in [0.717, 1.165) is 42.4 Å². The van der Waals surface area contributed by atoms with Crippen LogP contribution in [0.15, 0.2) is 66.7 Å².